The molecule has 1 rings (SSSR count). The number of hydrogen-bond donors (Lipinski definition) is 2. The zero-order chi connectivity index (χ0) is 8.27. The van der Waals surface area contributed by atoms with Gasteiger partial charge in [0.2, 0.25) is 0 Å². The first-order chi connectivity index (χ1) is 5.24. The van der Waals surface area contributed by atoms with Gasteiger partial charge in [-0.25, -0.2) is 0 Å². The Bertz CT molecular complexity index is 258. The van der Waals surface area contributed by atoms with Crippen molar-refractivity contribution in [2.75, 3.05) is 0 Å². The van der Waals surface area contributed by atoms with E-state index in [-0.39, 0.29) is 11.3 Å². The van der Waals surface area contributed by atoms with Crippen molar-refractivity contribution >= 4 is 5.90 Å². The molecule has 0 radical (unpaired) electrons. The molecule has 0 fully saturated rings. The third-order valence-electron chi connectivity index (χ3n) is 1.21. The fourth-order valence-corrected chi connectivity index (χ4v) is 0.657. The summed E-state index contributed by atoms with van der Waals surface area (Å²) in [4.78, 5) is 3.18. The first kappa shape index (κ1) is 7.53. The van der Waals surface area contributed by atoms with Crippen LogP contribution >= 0.6 is 0 Å². The summed E-state index contributed by atoms with van der Waals surface area (Å²) in [6.45, 7) is 0. The summed E-state index contributed by atoms with van der Waals surface area (Å²) in [5, 5.41) is 15.7. The molecule has 0 aliphatic heterocycles. The van der Waals surface area contributed by atoms with Crippen LogP contribution in [-0.2, 0) is 4.94 Å². The quantitative estimate of drug-likeness (QED) is 0.478. The second-order valence-corrected chi connectivity index (χ2v) is 1.95. The van der Waals surface area contributed by atoms with Crippen molar-refractivity contribution in [3.05, 3.63) is 29.8 Å². The minimum Gasteiger partial charge on any atom is -0.508 e. The number of phenolic OH excluding ortho intramolecular Hbond substituents is 1. The monoisotopic (exact) mass is 155 g/mol. The molecule has 1 aromatic carbocycles. The zero-order valence-corrected chi connectivity index (χ0v) is 5.54. The van der Waals surface area contributed by atoms with Crippen LogP contribution in [0.25, 0.3) is 0 Å². The molecule has 2 N–H and O–H groups in total. The van der Waals surface area contributed by atoms with Gasteiger partial charge in [-0.3, -0.25) is 10.4 Å². The van der Waals surface area contributed by atoms with E-state index >= 15 is 0 Å². The molecule has 0 unspecified atom stereocenters. The summed E-state index contributed by atoms with van der Waals surface area (Å²) in [6.07, 6.45) is 0. The van der Waals surface area contributed by atoms with Crippen molar-refractivity contribution < 1.29 is 14.6 Å². The lowest BCUT2D eigenvalue weighted by Gasteiger charge is -1.96. The van der Waals surface area contributed by atoms with Gasteiger partial charge < -0.3 is 5.11 Å². The summed E-state index contributed by atoms with van der Waals surface area (Å²) in [5.74, 6) is -0.495. The molecule has 0 aliphatic rings. The van der Waals surface area contributed by atoms with E-state index in [4.69, 9.17) is 10.5 Å². The number of benzene rings is 1. The van der Waals surface area contributed by atoms with Crippen molar-refractivity contribution in [3.63, 3.8) is 0 Å². The highest BCUT2D eigenvalue weighted by molar-refractivity contribution is 5.91. The Morgan fingerprint density at radius 2 is 1.91 bits per heavy atom. The number of phenols is 1. The number of rotatable bonds is 1. The Morgan fingerprint density at radius 3 is 2.36 bits per heavy atom. The van der Waals surface area contributed by atoms with Crippen LogP contribution in [0, 0.1) is 5.41 Å². The minimum atomic E-state index is -0.565. The minimum absolute atomic E-state index is 0.0698. The second-order valence-electron chi connectivity index (χ2n) is 1.95. The van der Waals surface area contributed by atoms with E-state index in [2.05, 4.69) is 4.94 Å². The molecule has 0 aliphatic carbocycles. The number of halogens is 1. The van der Waals surface area contributed by atoms with Crippen molar-refractivity contribution in [1.29, 1.82) is 5.41 Å². The molecule has 0 amide bonds. The lowest BCUT2D eigenvalue weighted by Crippen LogP contribution is -1.97. The molecule has 0 heterocycles. The van der Waals surface area contributed by atoms with E-state index < -0.39 is 5.90 Å². The van der Waals surface area contributed by atoms with Gasteiger partial charge in [0, 0.05) is 10.1 Å². The zero-order valence-electron chi connectivity index (χ0n) is 5.54. The fraction of sp³-hybridized carbons (Fsp3) is 0. The van der Waals surface area contributed by atoms with Crippen molar-refractivity contribution in [2.45, 2.75) is 0 Å². The molecule has 0 bridgehead atoms. The van der Waals surface area contributed by atoms with Crippen LogP contribution in [-0.4, -0.2) is 11.0 Å². The van der Waals surface area contributed by atoms with Gasteiger partial charge in [-0.15, -0.1) is 0 Å². The first-order valence-corrected chi connectivity index (χ1v) is 2.90. The molecule has 1 aromatic rings. The topological polar surface area (TPSA) is 53.3 Å². The molecular weight excluding hydrogens is 149 g/mol. The van der Waals surface area contributed by atoms with Crippen molar-refractivity contribution in [3.8, 4) is 5.75 Å². The van der Waals surface area contributed by atoms with Crippen LogP contribution in [0.1, 0.15) is 5.56 Å². The average molecular weight is 155 g/mol. The lowest BCUT2D eigenvalue weighted by atomic mass is 10.2. The van der Waals surface area contributed by atoms with Gasteiger partial charge >= 0.3 is 0 Å². The molecule has 0 saturated heterocycles. The van der Waals surface area contributed by atoms with Crippen LogP contribution in [0.3, 0.4) is 0 Å². The second kappa shape index (κ2) is 3.01. The lowest BCUT2D eigenvalue weighted by molar-refractivity contribution is -0.0239. The van der Waals surface area contributed by atoms with Crippen molar-refractivity contribution in [1.82, 2.24) is 0 Å². The maximum absolute atomic E-state index is 11.4. The van der Waals surface area contributed by atoms with Gasteiger partial charge in [0.15, 0.2) is 0 Å². The van der Waals surface area contributed by atoms with Gasteiger partial charge in [-0.1, -0.05) is 0 Å². The smallest absolute Gasteiger partial charge is 0.262 e. The third kappa shape index (κ3) is 1.67. The summed E-state index contributed by atoms with van der Waals surface area (Å²) in [7, 11) is 0. The number of aromatic hydroxyl groups is 1. The summed E-state index contributed by atoms with van der Waals surface area (Å²) < 4.78 is 11.4. The maximum Gasteiger partial charge on any atom is 0.262 e. The molecule has 0 saturated carbocycles. The van der Waals surface area contributed by atoms with Crippen LogP contribution in [0.5, 0.6) is 5.75 Å². The number of nitrogens with one attached hydrogen (secondary N) is 1. The van der Waals surface area contributed by atoms with Crippen LogP contribution in [0.2, 0.25) is 0 Å². The van der Waals surface area contributed by atoms with E-state index in [0.29, 0.717) is 0 Å². The first-order valence-electron chi connectivity index (χ1n) is 2.90. The Hall–Kier alpha value is -1.58. The summed E-state index contributed by atoms with van der Waals surface area (Å²) >= 11 is 0. The standard InChI is InChI=1S/C7H6FNO2/c8-11-7(9)5-1-3-6(10)4-2-5/h1-4,9-10H. The normalized spacial score (nSPS) is 9.18. The molecule has 3 nitrogen and oxygen atoms in total. The van der Waals surface area contributed by atoms with E-state index in [1.165, 1.54) is 24.3 Å². The summed E-state index contributed by atoms with van der Waals surface area (Å²) in [5.41, 5.74) is 0.283. The Labute approximate surface area is 62.5 Å². The van der Waals surface area contributed by atoms with E-state index in [1.807, 2.05) is 0 Å². The Morgan fingerprint density at radius 1 is 1.36 bits per heavy atom. The van der Waals surface area contributed by atoms with Gasteiger partial charge in [-0.05, 0) is 24.3 Å². The van der Waals surface area contributed by atoms with E-state index in [1.54, 1.807) is 0 Å². The molecule has 58 valence electrons. The van der Waals surface area contributed by atoms with Gasteiger partial charge in [-0.2, -0.15) is 0 Å². The van der Waals surface area contributed by atoms with Crippen molar-refractivity contribution in [2.24, 2.45) is 0 Å². The highest BCUT2D eigenvalue weighted by atomic mass is 19.3. The highest BCUT2D eigenvalue weighted by Gasteiger charge is 2.01. The molecule has 0 spiro atoms. The SMILES string of the molecule is N=C(OF)c1ccc(O)cc1. The van der Waals surface area contributed by atoms with Crippen LogP contribution in [0.15, 0.2) is 24.3 Å². The van der Waals surface area contributed by atoms with E-state index in [0.717, 1.165) is 0 Å². The summed E-state index contributed by atoms with van der Waals surface area (Å²) in [6, 6.07) is 5.47. The molecule has 0 atom stereocenters. The predicted octanol–water partition coefficient (Wildman–Crippen LogP) is 1.62. The molecular formula is C7H6FNO2. The highest BCUT2D eigenvalue weighted by Crippen LogP contribution is 2.10. The predicted molar refractivity (Wildman–Crippen MR) is 37.1 cm³/mol. The molecule has 0 aromatic heterocycles. The fourth-order valence-electron chi connectivity index (χ4n) is 0.657. The maximum atomic E-state index is 11.4. The van der Waals surface area contributed by atoms with Gasteiger partial charge in [0.05, 0.1) is 0 Å². The third-order valence-corrected chi connectivity index (χ3v) is 1.21. The van der Waals surface area contributed by atoms with Gasteiger partial charge in [0.25, 0.3) is 5.90 Å². The van der Waals surface area contributed by atoms with E-state index in [9.17, 15) is 4.53 Å². The molecule has 11 heavy (non-hydrogen) atoms. The average Bonchev–Trinajstić information content (AvgIpc) is 2.05. The Balaban J connectivity index is 2.90. The largest absolute Gasteiger partial charge is 0.508 e. The molecule has 4 heteroatoms. The Kier molecular flexibility index (Phi) is 2.06. The number of hydrogen-bond acceptors (Lipinski definition) is 3. The van der Waals surface area contributed by atoms with Crippen LogP contribution < -0.4 is 0 Å². The van der Waals surface area contributed by atoms with Gasteiger partial charge in [0.1, 0.15) is 5.75 Å². The van der Waals surface area contributed by atoms with Crippen LogP contribution in [0.4, 0.5) is 4.53 Å².